The number of likely N-dealkylation sites (N-methyl/N-ethyl adjacent to an activating group) is 1. The largest absolute Gasteiger partial charge is 0.326 e. The van der Waals surface area contributed by atoms with E-state index in [1.165, 1.54) is 31.3 Å². The van der Waals surface area contributed by atoms with Gasteiger partial charge in [0.15, 0.2) is 0 Å². The molecule has 0 aliphatic carbocycles. The number of rotatable bonds is 4. The van der Waals surface area contributed by atoms with Crippen molar-refractivity contribution in [1.29, 1.82) is 0 Å². The van der Waals surface area contributed by atoms with Crippen LogP contribution in [-0.4, -0.2) is 40.0 Å². The number of aryl methyl sites for hydroxylation is 1. The van der Waals surface area contributed by atoms with E-state index < -0.39 is 0 Å². The first-order valence-electron chi connectivity index (χ1n) is 7.60. The van der Waals surface area contributed by atoms with Gasteiger partial charge in [0.25, 0.3) is 0 Å². The molecule has 1 aliphatic rings. The number of imidazole rings is 1. The quantitative estimate of drug-likeness (QED) is 0.757. The van der Waals surface area contributed by atoms with Crippen LogP contribution in [0.25, 0.3) is 11.0 Å². The van der Waals surface area contributed by atoms with Crippen LogP contribution in [0.5, 0.6) is 0 Å². The molecule has 1 atom stereocenters. The minimum Gasteiger partial charge on any atom is -0.326 e. The molecule has 3 rings (SSSR count). The second-order valence-corrected chi connectivity index (χ2v) is 7.13. The fourth-order valence-corrected chi connectivity index (χ4v) is 3.74. The summed E-state index contributed by atoms with van der Waals surface area (Å²) in [7, 11) is 2.24. The van der Waals surface area contributed by atoms with Gasteiger partial charge in [0, 0.05) is 29.4 Å². The molecule has 1 saturated heterocycles. The van der Waals surface area contributed by atoms with E-state index in [9.17, 15) is 0 Å². The van der Waals surface area contributed by atoms with Crippen molar-refractivity contribution < 1.29 is 0 Å². The molecule has 0 radical (unpaired) electrons. The van der Waals surface area contributed by atoms with Crippen LogP contribution in [-0.2, 0) is 13.0 Å². The second kappa shape index (κ2) is 6.67. The molecule has 114 valence electrons. The Kier molecular flexibility index (Phi) is 4.87. The van der Waals surface area contributed by atoms with Crippen molar-refractivity contribution in [3.8, 4) is 0 Å². The van der Waals surface area contributed by atoms with Crippen LogP contribution in [0.3, 0.4) is 0 Å². The van der Waals surface area contributed by atoms with E-state index in [0.29, 0.717) is 11.9 Å². The Bertz CT molecular complexity index is 625. The zero-order valence-electron chi connectivity index (χ0n) is 12.4. The Labute approximate surface area is 139 Å². The molecule has 1 aliphatic heterocycles. The number of piperidine rings is 1. The predicted molar refractivity (Wildman–Crippen MR) is 92.1 cm³/mol. The van der Waals surface area contributed by atoms with Gasteiger partial charge in [-0.3, -0.25) is 0 Å². The minimum atomic E-state index is 0.605. The number of benzene rings is 1. The van der Waals surface area contributed by atoms with Crippen molar-refractivity contribution in [2.75, 3.05) is 19.5 Å². The van der Waals surface area contributed by atoms with Crippen molar-refractivity contribution in [3.63, 3.8) is 0 Å². The summed E-state index contributed by atoms with van der Waals surface area (Å²) in [6.45, 7) is 2.22. The van der Waals surface area contributed by atoms with E-state index in [1.807, 2.05) is 0 Å². The van der Waals surface area contributed by atoms with E-state index in [1.54, 1.807) is 0 Å². The highest BCUT2D eigenvalue weighted by atomic mass is 79.9. The molecular formula is C16H21BrClN3. The van der Waals surface area contributed by atoms with E-state index in [-0.39, 0.29) is 0 Å². The summed E-state index contributed by atoms with van der Waals surface area (Å²) in [6, 6.07) is 6.95. The van der Waals surface area contributed by atoms with Crippen LogP contribution in [0.4, 0.5) is 0 Å². The lowest BCUT2D eigenvalue weighted by atomic mass is 10.0. The first-order chi connectivity index (χ1) is 10.2. The maximum atomic E-state index is 5.97. The summed E-state index contributed by atoms with van der Waals surface area (Å²) in [5.41, 5.74) is 2.28. The molecule has 1 unspecified atom stereocenters. The maximum absolute atomic E-state index is 5.97. The van der Waals surface area contributed by atoms with Crippen LogP contribution in [0, 0.1) is 0 Å². The number of alkyl halides is 1. The Hall–Kier alpha value is -0.580. The van der Waals surface area contributed by atoms with E-state index in [2.05, 4.69) is 50.6 Å². The van der Waals surface area contributed by atoms with Crippen molar-refractivity contribution in [2.45, 2.75) is 38.3 Å². The van der Waals surface area contributed by atoms with Crippen molar-refractivity contribution in [1.82, 2.24) is 14.5 Å². The molecule has 1 aromatic carbocycles. The molecule has 0 amide bonds. The fourth-order valence-electron chi connectivity index (χ4n) is 3.22. The molecule has 1 fully saturated rings. The smallest absolute Gasteiger partial charge is 0.111 e. The number of nitrogens with zero attached hydrogens (tertiary/aromatic N) is 3. The maximum Gasteiger partial charge on any atom is 0.111 e. The minimum absolute atomic E-state index is 0.605. The number of hydrogen-bond donors (Lipinski definition) is 0. The van der Waals surface area contributed by atoms with Gasteiger partial charge in [0.1, 0.15) is 5.82 Å². The Morgan fingerprint density at radius 3 is 3.00 bits per heavy atom. The first-order valence-corrected chi connectivity index (χ1v) is 8.92. The molecule has 3 nitrogen and oxygen atoms in total. The molecule has 1 aromatic heterocycles. The lowest BCUT2D eigenvalue weighted by Gasteiger charge is -2.33. The Balaban J connectivity index is 1.96. The number of aromatic nitrogens is 2. The van der Waals surface area contributed by atoms with Crippen LogP contribution < -0.4 is 0 Å². The van der Waals surface area contributed by atoms with Gasteiger partial charge in [-0.05, 0) is 44.6 Å². The van der Waals surface area contributed by atoms with Crippen LogP contribution in [0.1, 0.15) is 25.1 Å². The molecule has 0 bridgehead atoms. The standard InChI is InChI=1S/C16H21BrClN3/c1-20-9-3-2-4-13(20)11-21-15-6-5-12(17)10-14(15)19-16(21)7-8-18/h5-6,10,13H,2-4,7-9,11H2,1H3. The van der Waals surface area contributed by atoms with Gasteiger partial charge in [-0.1, -0.05) is 22.4 Å². The fraction of sp³-hybridized carbons (Fsp3) is 0.562. The number of halogens is 2. The topological polar surface area (TPSA) is 21.1 Å². The van der Waals surface area contributed by atoms with Gasteiger partial charge in [-0.2, -0.15) is 0 Å². The monoisotopic (exact) mass is 369 g/mol. The highest BCUT2D eigenvalue weighted by molar-refractivity contribution is 9.10. The molecule has 0 spiro atoms. The first kappa shape index (κ1) is 15.3. The summed E-state index contributed by atoms with van der Waals surface area (Å²) in [5.74, 6) is 1.72. The normalized spacial score (nSPS) is 20.2. The molecule has 2 aromatic rings. The van der Waals surface area contributed by atoms with Gasteiger partial charge in [0.2, 0.25) is 0 Å². The van der Waals surface area contributed by atoms with Crippen LogP contribution >= 0.6 is 27.5 Å². The highest BCUT2D eigenvalue weighted by Gasteiger charge is 2.21. The Morgan fingerprint density at radius 2 is 2.24 bits per heavy atom. The highest BCUT2D eigenvalue weighted by Crippen LogP contribution is 2.24. The van der Waals surface area contributed by atoms with Crippen molar-refractivity contribution >= 4 is 38.6 Å². The summed E-state index contributed by atoms with van der Waals surface area (Å²) in [4.78, 5) is 7.27. The van der Waals surface area contributed by atoms with Gasteiger partial charge in [-0.25, -0.2) is 4.98 Å². The molecule has 0 N–H and O–H groups in total. The van der Waals surface area contributed by atoms with Crippen LogP contribution in [0.15, 0.2) is 22.7 Å². The number of fused-ring (bicyclic) bond motifs is 1. The molecule has 5 heteroatoms. The molecule has 21 heavy (non-hydrogen) atoms. The summed E-state index contributed by atoms with van der Waals surface area (Å²) in [6.07, 6.45) is 4.74. The van der Waals surface area contributed by atoms with Gasteiger partial charge < -0.3 is 9.47 Å². The molecule has 2 heterocycles. The second-order valence-electron chi connectivity index (χ2n) is 5.84. The third kappa shape index (κ3) is 3.27. The third-order valence-electron chi connectivity index (χ3n) is 4.42. The SMILES string of the molecule is CN1CCCCC1Cn1c(CCCl)nc2cc(Br)ccc21. The number of hydrogen-bond acceptors (Lipinski definition) is 2. The zero-order chi connectivity index (χ0) is 14.8. The summed E-state index contributed by atoms with van der Waals surface area (Å²) < 4.78 is 3.45. The predicted octanol–water partition coefficient (Wildman–Crippen LogP) is 4.06. The zero-order valence-corrected chi connectivity index (χ0v) is 14.7. The Morgan fingerprint density at radius 1 is 1.38 bits per heavy atom. The number of likely N-dealkylation sites (tertiary alicyclic amines) is 1. The third-order valence-corrected chi connectivity index (χ3v) is 5.10. The van der Waals surface area contributed by atoms with E-state index in [4.69, 9.17) is 16.6 Å². The van der Waals surface area contributed by atoms with Crippen LogP contribution in [0.2, 0.25) is 0 Å². The van der Waals surface area contributed by atoms with Gasteiger partial charge >= 0.3 is 0 Å². The van der Waals surface area contributed by atoms with Gasteiger partial charge in [0.05, 0.1) is 11.0 Å². The van der Waals surface area contributed by atoms with E-state index >= 15 is 0 Å². The van der Waals surface area contributed by atoms with E-state index in [0.717, 1.165) is 28.8 Å². The summed E-state index contributed by atoms with van der Waals surface area (Å²) >= 11 is 9.50. The average Bonchev–Trinajstić information content (AvgIpc) is 2.79. The lowest BCUT2D eigenvalue weighted by molar-refractivity contribution is 0.167. The van der Waals surface area contributed by atoms with Crippen molar-refractivity contribution in [3.05, 3.63) is 28.5 Å². The summed E-state index contributed by atoms with van der Waals surface area (Å²) in [5, 5.41) is 0. The molecule has 0 saturated carbocycles. The molecular weight excluding hydrogens is 350 g/mol. The van der Waals surface area contributed by atoms with Crippen molar-refractivity contribution in [2.24, 2.45) is 0 Å². The lowest BCUT2D eigenvalue weighted by Crippen LogP contribution is -2.39. The average molecular weight is 371 g/mol. The van der Waals surface area contributed by atoms with Gasteiger partial charge in [-0.15, -0.1) is 11.6 Å².